The van der Waals surface area contributed by atoms with Crippen LogP contribution in [0.2, 0.25) is 0 Å². The number of hydrogen-bond donors (Lipinski definition) is 2. The molecule has 4 rings (SSSR count). The third-order valence-corrected chi connectivity index (χ3v) is 6.62. The SMILES string of the molecule is C[C@H](NC(=O)OCC1c2ccccc2-c2ccccc21)C(=O)OC[C@H](NC(=O)OC(C)(C)C)C(=O)OCc1ccccc1. The molecule has 2 atom stereocenters. The maximum absolute atomic E-state index is 12.8. The number of rotatable bonds is 10. The Morgan fingerprint density at radius 1 is 0.721 bits per heavy atom. The fourth-order valence-corrected chi connectivity index (χ4v) is 4.61. The number of fused-ring (bicyclic) bond motifs is 3. The highest BCUT2D eigenvalue weighted by molar-refractivity contribution is 5.84. The van der Waals surface area contributed by atoms with E-state index in [1.54, 1.807) is 45.0 Å². The van der Waals surface area contributed by atoms with E-state index in [4.69, 9.17) is 18.9 Å². The molecular formula is C33H36N2O8. The van der Waals surface area contributed by atoms with E-state index in [2.05, 4.69) is 10.6 Å². The molecule has 0 radical (unpaired) electrons. The van der Waals surface area contributed by atoms with Crippen molar-refractivity contribution in [3.63, 3.8) is 0 Å². The molecule has 10 heteroatoms. The smallest absolute Gasteiger partial charge is 0.408 e. The first kappa shape index (κ1) is 31.1. The predicted octanol–water partition coefficient (Wildman–Crippen LogP) is 5.09. The molecule has 2 amide bonds. The molecule has 0 heterocycles. The minimum absolute atomic E-state index is 0.0418. The lowest BCUT2D eigenvalue weighted by Crippen LogP contribution is -2.48. The van der Waals surface area contributed by atoms with Crippen LogP contribution in [0.4, 0.5) is 9.59 Å². The number of ether oxygens (including phenoxy) is 4. The Bertz CT molecular complexity index is 1410. The van der Waals surface area contributed by atoms with Crippen molar-refractivity contribution >= 4 is 24.1 Å². The molecule has 0 saturated carbocycles. The van der Waals surface area contributed by atoms with E-state index in [-0.39, 0.29) is 19.1 Å². The lowest BCUT2D eigenvalue weighted by molar-refractivity contribution is -0.154. The van der Waals surface area contributed by atoms with Gasteiger partial charge in [-0.1, -0.05) is 78.9 Å². The van der Waals surface area contributed by atoms with E-state index in [1.165, 1.54) is 6.92 Å². The Kier molecular flexibility index (Phi) is 10.0. The fraction of sp³-hybridized carbons (Fsp3) is 0.333. The van der Waals surface area contributed by atoms with Crippen LogP contribution in [-0.4, -0.2) is 55.0 Å². The van der Waals surface area contributed by atoms with Crippen molar-refractivity contribution in [1.82, 2.24) is 10.6 Å². The highest BCUT2D eigenvalue weighted by Crippen LogP contribution is 2.44. The van der Waals surface area contributed by atoms with E-state index in [1.807, 2.05) is 54.6 Å². The number of nitrogens with one attached hydrogen (secondary N) is 2. The Morgan fingerprint density at radius 2 is 1.30 bits per heavy atom. The summed E-state index contributed by atoms with van der Waals surface area (Å²) >= 11 is 0. The molecular weight excluding hydrogens is 552 g/mol. The number of carbonyl (C=O) groups is 4. The average molecular weight is 589 g/mol. The summed E-state index contributed by atoms with van der Waals surface area (Å²) in [4.78, 5) is 50.4. The fourth-order valence-electron chi connectivity index (χ4n) is 4.61. The highest BCUT2D eigenvalue weighted by Gasteiger charge is 2.31. The minimum atomic E-state index is -1.34. The topological polar surface area (TPSA) is 129 Å². The average Bonchev–Trinajstić information content (AvgIpc) is 3.30. The zero-order valence-electron chi connectivity index (χ0n) is 24.6. The zero-order chi connectivity index (χ0) is 31.0. The van der Waals surface area contributed by atoms with Crippen molar-refractivity contribution in [3.8, 4) is 11.1 Å². The Morgan fingerprint density at radius 3 is 1.91 bits per heavy atom. The lowest BCUT2D eigenvalue weighted by Gasteiger charge is -2.23. The molecule has 3 aromatic carbocycles. The van der Waals surface area contributed by atoms with Crippen LogP contribution >= 0.6 is 0 Å². The maximum atomic E-state index is 12.8. The third kappa shape index (κ3) is 8.57. The van der Waals surface area contributed by atoms with Gasteiger partial charge >= 0.3 is 24.1 Å². The Labute approximate surface area is 250 Å². The van der Waals surface area contributed by atoms with Gasteiger partial charge in [0, 0.05) is 5.92 Å². The van der Waals surface area contributed by atoms with E-state index >= 15 is 0 Å². The molecule has 2 N–H and O–H groups in total. The van der Waals surface area contributed by atoms with Gasteiger partial charge in [0.25, 0.3) is 0 Å². The van der Waals surface area contributed by atoms with Crippen molar-refractivity contribution in [2.24, 2.45) is 0 Å². The summed E-state index contributed by atoms with van der Waals surface area (Å²) in [6.07, 6.45) is -1.67. The first-order valence-electron chi connectivity index (χ1n) is 14.0. The second-order valence-corrected chi connectivity index (χ2v) is 11.1. The van der Waals surface area contributed by atoms with Crippen molar-refractivity contribution in [2.45, 2.75) is 57.9 Å². The van der Waals surface area contributed by atoms with E-state index in [0.29, 0.717) is 0 Å². The molecule has 0 saturated heterocycles. The second kappa shape index (κ2) is 13.9. The van der Waals surface area contributed by atoms with Gasteiger partial charge < -0.3 is 29.6 Å². The molecule has 226 valence electrons. The monoisotopic (exact) mass is 588 g/mol. The lowest BCUT2D eigenvalue weighted by atomic mass is 9.98. The number of esters is 2. The van der Waals surface area contributed by atoms with Crippen molar-refractivity contribution in [3.05, 3.63) is 95.6 Å². The standard InChI is InChI=1S/C33H36N2O8/c1-21(34-31(38)42-19-27-25-16-10-8-14-23(25)24-15-9-11-17-26(24)27)29(36)41-20-28(35-32(39)43-33(2,3)4)30(37)40-18-22-12-6-5-7-13-22/h5-17,21,27-28H,18-20H2,1-4H3,(H,34,38)(H,35,39)/t21-,28-/m0/s1. The first-order chi connectivity index (χ1) is 20.5. The van der Waals surface area contributed by atoms with E-state index < -0.39 is 48.4 Å². The molecule has 0 unspecified atom stereocenters. The minimum Gasteiger partial charge on any atom is -0.461 e. The van der Waals surface area contributed by atoms with Gasteiger partial charge in [-0.3, -0.25) is 0 Å². The van der Waals surface area contributed by atoms with Crippen LogP contribution in [0.5, 0.6) is 0 Å². The summed E-state index contributed by atoms with van der Waals surface area (Å²) in [6.45, 7) is 5.94. The molecule has 0 aromatic heterocycles. The van der Waals surface area contributed by atoms with Crippen LogP contribution in [0.1, 0.15) is 50.3 Å². The third-order valence-electron chi connectivity index (χ3n) is 6.62. The quantitative estimate of drug-likeness (QED) is 0.247. The first-order valence-corrected chi connectivity index (χ1v) is 14.0. The van der Waals surface area contributed by atoms with Crippen LogP contribution in [-0.2, 0) is 35.1 Å². The van der Waals surface area contributed by atoms with Gasteiger partial charge in [-0.25, -0.2) is 19.2 Å². The van der Waals surface area contributed by atoms with Crippen molar-refractivity contribution < 1.29 is 38.1 Å². The number of carbonyl (C=O) groups excluding carboxylic acids is 4. The van der Waals surface area contributed by atoms with Crippen LogP contribution in [0, 0.1) is 0 Å². The molecule has 0 fully saturated rings. The van der Waals surface area contributed by atoms with Crippen LogP contribution in [0.15, 0.2) is 78.9 Å². The summed E-state index contributed by atoms with van der Waals surface area (Å²) in [5, 5.41) is 4.85. The molecule has 1 aliphatic rings. The van der Waals surface area contributed by atoms with Gasteiger partial charge in [-0.2, -0.15) is 0 Å². The maximum Gasteiger partial charge on any atom is 0.408 e. The molecule has 1 aliphatic carbocycles. The molecule has 0 spiro atoms. The number of hydrogen-bond acceptors (Lipinski definition) is 8. The predicted molar refractivity (Wildman–Crippen MR) is 158 cm³/mol. The number of alkyl carbamates (subject to hydrolysis) is 2. The van der Waals surface area contributed by atoms with Crippen molar-refractivity contribution in [1.29, 1.82) is 0 Å². The normalized spacial score (nSPS) is 13.5. The summed E-state index contributed by atoms with van der Waals surface area (Å²) in [7, 11) is 0. The van der Waals surface area contributed by atoms with Gasteiger partial charge in [-0.05, 0) is 55.5 Å². The van der Waals surface area contributed by atoms with Gasteiger partial charge in [0.15, 0.2) is 6.04 Å². The molecule has 10 nitrogen and oxygen atoms in total. The van der Waals surface area contributed by atoms with Crippen LogP contribution < -0.4 is 10.6 Å². The van der Waals surface area contributed by atoms with Gasteiger partial charge in [0.2, 0.25) is 0 Å². The largest absolute Gasteiger partial charge is 0.461 e. The Hall–Kier alpha value is -4.86. The second-order valence-electron chi connectivity index (χ2n) is 11.1. The number of benzene rings is 3. The Balaban J connectivity index is 1.30. The zero-order valence-corrected chi connectivity index (χ0v) is 24.6. The van der Waals surface area contributed by atoms with Crippen LogP contribution in [0.3, 0.4) is 0 Å². The van der Waals surface area contributed by atoms with E-state index in [0.717, 1.165) is 27.8 Å². The molecule has 43 heavy (non-hydrogen) atoms. The molecule has 3 aromatic rings. The summed E-state index contributed by atoms with van der Waals surface area (Å²) in [5.74, 6) is -1.79. The van der Waals surface area contributed by atoms with Gasteiger partial charge in [0.05, 0.1) is 0 Å². The summed E-state index contributed by atoms with van der Waals surface area (Å²) in [5.41, 5.74) is 4.24. The molecule has 0 aliphatic heterocycles. The van der Waals surface area contributed by atoms with Crippen molar-refractivity contribution in [2.75, 3.05) is 13.2 Å². The van der Waals surface area contributed by atoms with Gasteiger partial charge in [0.1, 0.15) is 31.5 Å². The highest BCUT2D eigenvalue weighted by atomic mass is 16.6. The summed E-state index contributed by atoms with van der Waals surface area (Å²) in [6, 6.07) is 22.4. The van der Waals surface area contributed by atoms with Crippen LogP contribution in [0.25, 0.3) is 11.1 Å². The number of amides is 2. The van der Waals surface area contributed by atoms with Gasteiger partial charge in [-0.15, -0.1) is 0 Å². The summed E-state index contributed by atoms with van der Waals surface area (Å²) < 4.78 is 21.3. The van der Waals surface area contributed by atoms with E-state index in [9.17, 15) is 19.2 Å². The molecule has 0 bridgehead atoms.